The molecule has 0 atom stereocenters. The molecule has 1 N–H and O–H groups in total. The number of aromatic nitrogens is 1. The van der Waals surface area contributed by atoms with Crippen molar-refractivity contribution in [3.63, 3.8) is 0 Å². The second-order valence-corrected chi connectivity index (χ2v) is 5.45. The lowest BCUT2D eigenvalue weighted by molar-refractivity contribution is 0.937. The number of anilines is 2. The molecule has 4 heteroatoms. The molecular weight excluding hydrogens is 270 g/mol. The molecule has 3 nitrogen and oxygen atoms in total. The number of halogens is 1. The molecule has 20 heavy (non-hydrogen) atoms. The first kappa shape index (κ1) is 13.3. The van der Waals surface area contributed by atoms with Gasteiger partial charge in [0, 0.05) is 24.7 Å². The summed E-state index contributed by atoms with van der Waals surface area (Å²) < 4.78 is 0. The molecule has 0 amide bonds. The van der Waals surface area contributed by atoms with Gasteiger partial charge in [-0.05, 0) is 36.6 Å². The fraction of sp³-hybridized carbons (Fsp3) is 0.312. The highest BCUT2D eigenvalue weighted by molar-refractivity contribution is 6.31. The lowest BCUT2D eigenvalue weighted by Gasteiger charge is -2.16. The van der Waals surface area contributed by atoms with Crippen LogP contribution >= 0.6 is 11.6 Å². The molecule has 0 unspecified atom stereocenters. The van der Waals surface area contributed by atoms with E-state index in [2.05, 4.69) is 27.3 Å². The fourth-order valence-electron chi connectivity index (χ4n) is 2.46. The maximum Gasteiger partial charge on any atom is 0.128 e. The third-order valence-electron chi connectivity index (χ3n) is 3.62. The van der Waals surface area contributed by atoms with Gasteiger partial charge in [0.25, 0.3) is 0 Å². The number of benzene rings is 1. The van der Waals surface area contributed by atoms with Crippen molar-refractivity contribution in [3.05, 3.63) is 53.2 Å². The molecule has 104 valence electrons. The van der Waals surface area contributed by atoms with Crippen molar-refractivity contribution in [3.8, 4) is 0 Å². The molecule has 1 saturated heterocycles. The fourth-order valence-corrected chi connectivity index (χ4v) is 2.67. The highest BCUT2D eigenvalue weighted by Gasteiger charge is 2.12. The van der Waals surface area contributed by atoms with Gasteiger partial charge in [-0.2, -0.15) is 0 Å². The molecule has 2 heterocycles. The zero-order valence-corrected chi connectivity index (χ0v) is 12.1. The van der Waals surface area contributed by atoms with Crippen LogP contribution in [-0.4, -0.2) is 18.1 Å². The van der Waals surface area contributed by atoms with Crippen LogP contribution in [0.4, 0.5) is 11.5 Å². The highest BCUT2D eigenvalue weighted by Crippen LogP contribution is 2.20. The van der Waals surface area contributed by atoms with Crippen LogP contribution in [0.1, 0.15) is 18.4 Å². The molecule has 1 fully saturated rings. The molecule has 0 aliphatic carbocycles. The van der Waals surface area contributed by atoms with Crippen LogP contribution in [0, 0.1) is 0 Å². The maximum atomic E-state index is 6.14. The van der Waals surface area contributed by atoms with Gasteiger partial charge in [-0.15, -0.1) is 0 Å². The average molecular weight is 288 g/mol. The van der Waals surface area contributed by atoms with Crippen molar-refractivity contribution in [2.45, 2.75) is 19.4 Å². The molecule has 3 rings (SSSR count). The van der Waals surface area contributed by atoms with Crippen molar-refractivity contribution < 1.29 is 0 Å². The van der Waals surface area contributed by atoms with E-state index in [4.69, 9.17) is 11.6 Å². The first-order valence-corrected chi connectivity index (χ1v) is 7.39. The van der Waals surface area contributed by atoms with E-state index < -0.39 is 0 Å². The van der Waals surface area contributed by atoms with Gasteiger partial charge in [-0.3, -0.25) is 0 Å². The van der Waals surface area contributed by atoms with Gasteiger partial charge < -0.3 is 10.2 Å². The van der Waals surface area contributed by atoms with Crippen LogP contribution in [0.3, 0.4) is 0 Å². The smallest absolute Gasteiger partial charge is 0.128 e. The number of nitrogens with one attached hydrogen (secondary N) is 1. The first-order chi connectivity index (χ1) is 9.83. The summed E-state index contributed by atoms with van der Waals surface area (Å²) in [6, 6.07) is 12.0. The van der Waals surface area contributed by atoms with E-state index in [1.807, 2.05) is 30.5 Å². The summed E-state index contributed by atoms with van der Waals surface area (Å²) in [4.78, 5) is 6.86. The van der Waals surface area contributed by atoms with Gasteiger partial charge in [-0.1, -0.05) is 29.8 Å². The zero-order chi connectivity index (χ0) is 13.8. The van der Waals surface area contributed by atoms with E-state index in [0.29, 0.717) is 6.54 Å². The zero-order valence-electron chi connectivity index (χ0n) is 11.3. The van der Waals surface area contributed by atoms with Crippen LogP contribution in [-0.2, 0) is 6.54 Å². The molecule has 0 spiro atoms. The van der Waals surface area contributed by atoms with Crippen LogP contribution in [0.2, 0.25) is 5.02 Å². The highest BCUT2D eigenvalue weighted by atomic mass is 35.5. The Morgan fingerprint density at radius 3 is 2.60 bits per heavy atom. The number of hydrogen-bond acceptors (Lipinski definition) is 3. The van der Waals surface area contributed by atoms with Crippen molar-refractivity contribution in [2.24, 2.45) is 0 Å². The summed E-state index contributed by atoms with van der Waals surface area (Å²) in [7, 11) is 0. The Morgan fingerprint density at radius 2 is 1.90 bits per heavy atom. The molecule has 1 aromatic carbocycles. The Hall–Kier alpha value is -1.74. The van der Waals surface area contributed by atoms with Crippen LogP contribution in [0.5, 0.6) is 0 Å². The second kappa shape index (κ2) is 6.14. The van der Waals surface area contributed by atoms with Gasteiger partial charge in [0.15, 0.2) is 0 Å². The number of nitrogens with zero attached hydrogens (tertiary/aromatic N) is 2. The molecule has 0 bridgehead atoms. The minimum absolute atomic E-state index is 0.713. The number of rotatable bonds is 4. The van der Waals surface area contributed by atoms with E-state index in [1.165, 1.54) is 12.8 Å². The van der Waals surface area contributed by atoms with E-state index in [0.717, 1.165) is 35.2 Å². The quantitative estimate of drug-likeness (QED) is 0.923. The van der Waals surface area contributed by atoms with Crippen LogP contribution in [0.15, 0.2) is 42.6 Å². The third-order valence-corrected chi connectivity index (χ3v) is 3.99. The minimum Gasteiger partial charge on any atom is -0.380 e. The van der Waals surface area contributed by atoms with Crippen molar-refractivity contribution in [2.75, 3.05) is 23.3 Å². The second-order valence-electron chi connectivity index (χ2n) is 5.04. The predicted octanol–water partition coefficient (Wildman–Crippen LogP) is 3.95. The largest absolute Gasteiger partial charge is 0.380 e. The molecule has 1 aromatic heterocycles. The monoisotopic (exact) mass is 287 g/mol. The SMILES string of the molecule is Clc1ccccc1CNc1ccc(N2CCCC2)nc1. The number of hydrogen-bond donors (Lipinski definition) is 1. The van der Waals surface area contributed by atoms with E-state index in [9.17, 15) is 0 Å². The van der Waals surface area contributed by atoms with Crippen LogP contribution < -0.4 is 10.2 Å². The predicted molar refractivity (Wildman–Crippen MR) is 84.5 cm³/mol. The van der Waals surface area contributed by atoms with Gasteiger partial charge in [0.2, 0.25) is 0 Å². The number of pyridine rings is 1. The lowest BCUT2D eigenvalue weighted by Crippen LogP contribution is -2.18. The Bertz CT molecular complexity index is 562. The molecule has 1 aliphatic heterocycles. The van der Waals surface area contributed by atoms with E-state index in [1.54, 1.807) is 0 Å². The molecule has 2 aromatic rings. The van der Waals surface area contributed by atoms with Crippen molar-refractivity contribution in [1.82, 2.24) is 4.98 Å². The minimum atomic E-state index is 0.713. The van der Waals surface area contributed by atoms with Gasteiger partial charge in [-0.25, -0.2) is 4.98 Å². The van der Waals surface area contributed by atoms with Gasteiger partial charge in [0.1, 0.15) is 5.82 Å². The Balaban J connectivity index is 1.62. The van der Waals surface area contributed by atoms with E-state index >= 15 is 0 Å². The van der Waals surface area contributed by atoms with Crippen molar-refractivity contribution >= 4 is 23.1 Å². The summed E-state index contributed by atoms with van der Waals surface area (Å²) >= 11 is 6.14. The maximum absolute atomic E-state index is 6.14. The standard InChI is InChI=1S/C16H18ClN3/c17-15-6-2-1-5-13(15)11-18-14-7-8-16(19-12-14)20-9-3-4-10-20/h1-2,5-8,12,18H,3-4,9-11H2. The summed E-state index contributed by atoms with van der Waals surface area (Å²) in [5, 5.41) is 4.15. The summed E-state index contributed by atoms with van der Waals surface area (Å²) in [6.45, 7) is 2.96. The Labute approximate surface area is 124 Å². The van der Waals surface area contributed by atoms with E-state index in [-0.39, 0.29) is 0 Å². The van der Waals surface area contributed by atoms with Crippen molar-refractivity contribution in [1.29, 1.82) is 0 Å². The van der Waals surface area contributed by atoms with Gasteiger partial charge in [0.05, 0.1) is 11.9 Å². The molecule has 1 aliphatic rings. The molecule has 0 saturated carbocycles. The lowest BCUT2D eigenvalue weighted by atomic mass is 10.2. The van der Waals surface area contributed by atoms with Crippen LogP contribution in [0.25, 0.3) is 0 Å². The van der Waals surface area contributed by atoms with Gasteiger partial charge >= 0.3 is 0 Å². The first-order valence-electron chi connectivity index (χ1n) is 7.01. The summed E-state index contributed by atoms with van der Waals surface area (Å²) in [5.74, 6) is 1.07. The summed E-state index contributed by atoms with van der Waals surface area (Å²) in [6.07, 6.45) is 4.44. The normalized spacial score (nSPS) is 14.6. The topological polar surface area (TPSA) is 28.2 Å². The molecule has 0 radical (unpaired) electrons. The average Bonchev–Trinajstić information content (AvgIpc) is 3.01. The Morgan fingerprint density at radius 1 is 1.10 bits per heavy atom. The summed E-state index contributed by atoms with van der Waals surface area (Å²) in [5.41, 5.74) is 2.12. The third kappa shape index (κ3) is 3.05. The molecular formula is C16H18ClN3. The Kier molecular flexibility index (Phi) is 4.07.